The number of carbonyl (C=O) groups excluding carboxylic acids is 2. The molecule has 0 bridgehead atoms. The van der Waals surface area contributed by atoms with Crippen LogP contribution in [0.2, 0.25) is 0 Å². The van der Waals surface area contributed by atoms with E-state index in [0.29, 0.717) is 17.8 Å². The Morgan fingerprint density at radius 1 is 0.938 bits per heavy atom. The molecule has 5 nitrogen and oxygen atoms in total. The van der Waals surface area contributed by atoms with Crippen LogP contribution in [0.3, 0.4) is 0 Å². The normalized spacial score (nSPS) is 17.4. The molecule has 2 aliphatic rings. The molecule has 2 aromatic carbocycles. The van der Waals surface area contributed by atoms with Crippen molar-refractivity contribution in [3.8, 4) is 5.75 Å². The van der Waals surface area contributed by atoms with Gasteiger partial charge in [0.25, 0.3) is 11.8 Å². The highest BCUT2D eigenvalue weighted by atomic mass is 16.5. The predicted octanol–water partition coefficient (Wildman–Crippen LogP) is 5.41. The van der Waals surface area contributed by atoms with Gasteiger partial charge in [-0.3, -0.25) is 14.5 Å². The molecule has 0 radical (unpaired) electrons. The molecule has 2 aromatic rings. The monoisotopic (exact) mass is 432 g/mol. The van der Waals surface area contributed by atoms with Crippen molar-refractivity contribution in [2.24, 2.45) is 0 Å². The van der Waals surface area contributed by atoms with E-state index in [0.717, 1.165) is 42.7 Å². The van der Waals surface area contributed by atoms with Gasteiger partial charge in [0.05, 0.1) is 11.7 Å². The van der Waals surface area contributed by atoms with Crippen LogP contribution < -0.4 is 9.64 Å². The first kappa shape index (κ1) is 22.1. The number of nitrogens with zero attached hydrogens (tertiary/aromatic N) is 2. The zero-order valence-corrected chi connectivity index (χ0v) is 19.2. The number of rotatable bonds is 7. The summed E-state index contributed by atoms with van der Waals surface area (Å²) in [4.78, 5) is 31.0. The molecule has 1 heterocycles. The number of imide groups is 1. The Hall–Kier alpha value is -3.08. The molecule has 5 heteroatoms. The van der Waals surface area contributed by atoms with Crippen molar-refractivity contribution >= 4 is 23.1 Å². The van der Waals surface area contributed by atoms with E-state index in [1.54, 1.807) is 0 Å². The molecule has 4 rings (SSSR count). The molecule has 0 saturated heterocycles. The minimum atomic E-state index is -0.177. The highest BCUT2D eigenvalue weighted by molar-refractivity contribution is 6.36. The number of para-hydroxylation sites is 1. The maximum Gasteiger partial charge on any atom is 0.278 e. The summed E-state index contributed by atoms with van der Waals surface area (Å²) in [5.41, 5.74) is 2.63. The molecule has 0 atom stereocenters. The molecule has 1 aliphatic heterocycles. The summed E-state index contributed by atoms with van der Waals surface area (Å²) in [6, 6.07) is 17.3. The highest BCUT2D eigenvalue weighted by Gasteiger charge is 2.45. The third-order valence-corrected chi connectivity index (χ3v) is 6.20. The Labute approximate surface area is 190 Å². The number of ether oxygens (including phenoxy) is 1. The molecule has 1 fully saturated rings. The lowest BCUT2D eigenvalue weighted by Crippen LogP contribution is -2.43. The Morgan fingerprint density at radius 3 is 2.19 bits per heavy atom. The van der Waals surface area contributed by atoms with Crippen molar-refractivity contribution in [1.29, 1.82) is 0 Å². The predicted molar refractivity (Wildman–Crippen MR) is 127 cm³/mol. The lowest BCUT2D eigenvalue weighted by molar-refractivity contribution is -0.140. The summed E-state index contributed by atoms with van der Waals surface area (Å²) in [6.45, 7) is 6.57. The van der Waals surface area contributed by atoms with Crippen molar-refractivity contribution in [3.05, 3.63) is 65.9 Å². The summed E-state index contributed by atoms with van der Waals surface area (Å²) in [6.07, 6.45) is 5.13. The summed E-state index contributed by atoms with van der Waals surface area (Å²) < 4.78 is 5.77. The van der Waals surface area contributed by atoms with E-state index in [4.69, 9.17) is 4.74 Å². The lowest BCUT2D eigenvalue weighted by atomic mass is 9.94. The van der Waals surface area contributed by atoms with Crippen LogP contribution in [0, 0.1) is 0 Å². The average Bonchev–Trinajstić information content (AvgIpc) is 3.06. The van der Waals surface area contributed by atoms with Gasteiger partial charge >= 0.3 is 0 Å². The molecular formula is C27H32N2O3. The first-order valence-corrected chi connectivity index (χ1v) is 11.7. The zero-order valence-electron chi connectivity index (χ0n) is 19.2. The van der Waals surface area contributed by atoms with Gasteiger partial charge in [0.2, 0.25) is 0 Å². The number of anilines is 1. The summed E-state index contributed by atoms with van der Waals surface area (Å²) >= 11 is 0. The van der Waals surface area contributed by atoms with Gasteiger partial charge in [-0.25, -0.2) is 0 Å². The van der Waals surface area contributed by atoms with Crippen LogP contribution in [0.4, 0.5) is 5.69 Å². The van der Waals surface area contributed by atoms with E-state index in [1.165, 1.54) is 11.3 Å². The van der Waals surface area contributed by atoms with Gasteiger partial charge in [0, 0.05) is 18.3 Å². The van der Waals surface area contributed by atoms with Crippen molar-refractivity contribution in [2.45, 2.75) is 65.0 Å². The maximum absolute atomic E-state index is 13.8. The van der Waals surface area contributed by atoms with E-state index in [-0.39, 0.29) is 24.0 Å². The van der Waals surface area contributed by atoms with Gasteiger partial charge in [-0.2, -0.15) is 0 Å². The fourth-order valence-electron chi connectivity index (χ4n) is 4.77. The first-order chi connectivity index (χ1) is 15.5. The Bertz CT molecular complexity index is 989. The van der Waals surface area contributed by atoms with E-state index in [2.05, 4.69) is 0 Å². The van der Waals surface area contributed by atoms with Crippen molar-refractivity contribution in [1.82, 2.24) is 4.90 Å². The zero-order chi connectivity index (χ0) is 22.7. The largest absolute Gasteiger partial charge is 0.491 e. The Balaban J connectivity index is 1.79. The van der Waals surface area contributed by atoms with Crippen molar-refractivity contribution in [3.63, 3.8) is 0 Å². The van der Waals surface area contributed by atoms with Gasteiger partial charge in [0.1, 0.15) is 11.4 Å². The van der Waals surface area contributed by atoms with E-state index >= 15 is 0 Å². The fraction of sp³-hybridized carbons (Fsp3) is 0.407. The van der Waals surface area contributed by atoms with Crippen LogP contribution >= 0.6 is 0 Å². The van der Waals surface area contributed by atoms with Gasteiger partial charge < -0.3 is 9.64 Å². The molecule has 168 valence electrons. The summed E-state index contributed by atoms with van der Waals surface area (Å²) in [5.74, 6) is 0.399. The van der Waals surface area contributed by atoms with Gasteiger partial charge in [-0.15, -0.1) is 0 Å². The van der Waals surface area contributed by atoms with Crippen LogP contribution in [-0.4, -0.2) is 35.4 Å². The topological polar surface area (TPSA) is 49.9 Å². The molecule has 1 saturated carbocycles. The average molecular weight is 433 g/mol. The van der Waals surface area contributed by atoms with Gasteiger partial charge in [-0.1, -0.05) is 49.6 Å². The molecule has 32 heavy (non-hydrogen) atoms. The molecule has 1 aliphatic carbocycles. The summed E-state index contributed by atoms with van der Waals surface area (Å²) in [5, 5.41) is 0. The summed E-state index contributed by atoms with van der Waals surface area (Å²) in [7, 11) is 0. The number of hydrogen-bond donors (Lipinski definition) is 0. The Morgan fingerprint density at radius 2 is 1.59 bits per heavy atom. The number of carbonyl (C=O) groups is 2. The van der Waals surface area contributed by atoms with Crippen LogP contribution in [-0.2, 0) is 9.59 Å². The standard InChI is InChI=1S/C27H32N2O3/c1-4-28(21-11-7-5-8-12-21)25-24(20-15-17-23(18-16-20)32-19(2)3)26(30)29(27(25)31)22-13-9-6-10-14-22/h5,7-8,11-12,15-19,22H,4,6,9-10,13-14H2,1-3H3. The number of amides is 2. The Kier molecular flexibility index (Phi) is 6.63. The quantitative estimate of drug-likeness (QED) is 0.549. The molecule has 2 amide bonds. The molecule has 0 N–H and O–H groups in total. The number of likely N-dealkylation sites (N-methyl/N-ethyl adjacent to an activating group) is 1. The molecule has 0 spiro atoms. The minimum Gasteiger partial charge on any atom is -0.491 e. The minimum absolute atomic E-state index is 0.0192. The van der Waals surface area contributed by atoms with E-state index in [9.17, 15) is 9.59 Å². The first-order valence-electron chi connectivity index (χ1n) is 11.7. The van der Waals surface area contributed by atoms with Crippen LogP contribution in [0.25, 0.3) is 5.57 Å². The third kappa shape index (κ3) is 4.29. The van der Waals surface area contributed by atoms with Crippen LogP contribution in [0.5, 0.6) is 5.75 Å². The fourth-order valence-corrected chi connectivity index (χ4v) is 4.77. The van der Waals surface area contributed by atoms with Crippen molar-refractivity contribution < 1.29 is 14.3 Å². The number of benzene rings is 2. The molecule has 0 aromatic heterocycles. The lowest BCUT2D eigenvalue weighted by Gasteiger charge is -2.31. The maximum atomic E-state index is 13.8. The molecule has 0 unspecified atom stereocenters. The second kappa shape index (κ2) is 9.60. The second-order valence-corrected chi connectivity index (χ2v) is 8.77. The van der Waals surface area contributed by atoms with E-state index < -0.39 is 0 Å². The molecular weight excluding hydrogens is 400 g/mol. The van der Waals surface area contributed by atoms with Crippen LogP contribution in [0.1, 0.15) is 58.4 Å². The SMILES string of the molecule is CCN(C1=C(c2ccc(OC(C)C)cc2)C(=O)N(C2CCCCC2)C1=O)c1ccccc1. The highest BCUT2D eigenvalue weighted by Crippen LogP contribution is 2.38. The van der Waals surface area contributed by atoms with E-state index in [1.807, 2.05) is 80.3 Å². The van der Waals surface area contributed by atoms with Crippen LogP contribution in [0.15, 0.2) is 60.3 Å². The van der Waals surface area contributed by atoms with Gasteiger partial charge in [0.15, 0.2) is 0 Å². The third-order valence-electron chi connectivity index (χ3n) is 6.20. The van der Waals surface area contributed by atoms with Crippen molar-refractivity contribution in [2.75, 3.05) is 11.4 Å². The smallest absolute Gasteiger partial charge is 0.278 e. The number of hydrogen-bond acceptors (Lipinski definition) is 4. The van der Waals surface area contributed by atoms with Gasteiger partial charge in [-0.05, 0) is 63.4 Å². The second-order valence-electron chi connectivity index (χ2n) is 8.77.